The highest BCUT2D eigenvalue weighted by Gasteiger charge is 2.13. The van der Waals surface area contributed by atoms with Crippen molar-refractivity contribution < 1.29 is 14.3 Å². The second-order valence-corrected chi connectivity index (χ2v) is 4.94. The summed E-state index contributed by atoms with van der Waals surface area (Å²) >= 11 is 0. The van der Waals surface area contributed by atoms with Crippen LogP contribution >= 0.6 is 0 Å². The summed E-state index contributed by atoms with van der Waals surface area (Å²) in [5.74, 6) is -0.256. The van der Waals surface area contributed by atoms with E-state index in [-0.39, 0.29) is 12.5 Å². The van der Waals surface area contributed by atoms with Crippen LogP contribution in [0.25, 0.3) is 11.1 Å². The van der Waals surface area contributed by atoms with E-state index in [0.717, 1.165) is 11.1 Å². The van der Waals surface area contributed by atoms with Gasteiger partial charge in [0.25, 0.3) is 5.91 Å². The third-order valence-corrected chi connectivity index (χ3v) is 3.30. The van der Waals surface area contributed by atoms with E-state index >= 15 is 0 Å². The first-order valence-electron chi connectivity index (χ1n) is 6.79. The Morgan fingerprint density at radius 3 is 2.86 bits per heavy atom. The third kappa shape index (κ3) is 3.14. The summed E-state index contributed by atoms with van der Waals surface area (Å²) in [6.45, 7) is 0.202. The molecule has 5 heteroatoms. The lowest BCUT2D eigenvalue weighted by Crippen LogP contribution is -2.33. The molecule has 0 aliphatic heterocycles. The van der Waals surface area contributed by atoms with E-state index in [1.807, 2.05) is 30.3 Å². The number of fused-ring (bicyclic) bond motifs is 1. The molecule has 3 aromatic rings. The molecule has 1 amide bonds. The molecule has 0 fully saturated rings. The number of aromatic amines is 1. The quantitative estimate of drug-likeness (QED) is 0.671. The summed E-state index contributed by atoms with van der Waals surface area (Å²) in [6, 6.07) is 13.1. The molecule has 108 valence electrons. The summed E-state index contributed by atoms with van der Waals surface area (Å²) in [5, 5.41) is 12.7. The number of furan rings is 1. The largest absolute Gasteiger partial charge is 0.463 e. The molecule has 0 saturated carbocycles. The van der Waals surface area contributed by atoms with Gasteiger partial charge in [0, 0.05) is 25.1 Å². The molecule has 0 aliphatic carbocycles. The Bertz CT molecular complexity index is 702. The number of nitrogens with one attached hydrogen (secondary N) is 2. The molecule has 2 aromatic heterocycles. The number of carbonyl (C=O) groups is 1. The fourth-order valence-corrected chi connectivity index (χ4v) is 2.23. The van der Waals surface area contributed by atoms with Crippen LogP contribution in [0.15, 0.2) is 53.1 Å². The lowest BCUT2D eigenvalue weighted by atomic mass is 10.1. The maximum absolute atomic E-state index is 12.0. The molecule has 0 bridgehead atoms. The van der Waals surface area contributed by atoms with Crippen molar-refractivity contribution in [1.29, 1.82) is 0 Å². The molecule has 0 saturated heterocycles. The zero-order valence-electron chi connectivity index (χ0n) is 11.4. The topological polar surface area (TPSA) is 78.3 Å². The number of H-pyrrole nitrogens is 1. The van der Waals surface area contributed by atoms with E-state index in [1.54, 1.807) is 18.4 Å². The normalized spacial score (nSPS) is 12.4. The lowest BCUT2D eigenvalue weighted by Gasteiger charge is -2.11. The predicted octanol–water partition coefficient (Wildman–Crippen LogP) is 2.09. The van der Waals surface area contributed by atoms with E-state index in [9.17, 15) is 9.90 Å². The van der Waals surface area contributed by atoms with E-state index in [0.29, 0.717) is 17.7 Å². The molecule has 21 heavy (non-hydrogen) atoms. The maximum atomic E-state index is 12.0. The highest BCUT2D eigenvalue weighted by molar-refractivity contribution is 5.96. The molecule has 3 N–H and O–H groups in total. The van der Waals surface area contributed by atoms with Crippen molar-refractivity contribution in [3.63, 3.8) is 0 Å². The number of hydrogen-bond donors (Lipinski definition) is 3. The van der Waals surface area contributed by atoms with Crippen LogP contribution in [0.4, 0.5) is 0 Å². The first kappa shape index (κ1) is 13.5. The van der Waals surface area contributed by atoms with Gasteiger partial charge in [0.15, 0.2) is 5.58 Å². The van der Waals surface area contributed by atoms with Crippen LogP contribution in [-0.4, -0.2) is 28.6 Å². The van der Waals surface area contributed by atoms with Crippen LogP contribution in [0.1, 0.15) is 16.1 Å². The molecule has 0 spiro atoms. The molecular formula is C16H16N2O3. The van der Waals surface area contributed by atoms with Gasteiger partial charge in [-0.2, -0.15) is 0 Å². The average molecular weight is 284 g/mol. The monoisotopic (exact) mass is 284 g/mol. The van der Waals surface area contributed by atoms with Gasteiger partial charge in [-0.15, -0.1) is 0 Å². The van der Waals surface area contributed by atoms with Gasteiger partial charge in [0.05, 0.1) is 17.9 Å². The molecule has 5 nitrogen and oxygen atoms in total. The van der Waals surface area contributed by atoms with E-state index in [4.69, 9.17) is 4.42 Å². The highest BCUT2D eigenvalue weighted by atomic mass is 16.3. The molecule has 0 radical (unpaired) electrons. The minimum Gasteiger partial charge on any atom is -0.463 e. The minimum absolute atomic E-state index is 0.202. The zero-order chi connectivity index (χ0) is 14.7. The number of carbonyl (C=O) groups excluding carboxylic acids is 1. The minimum atomic E-state index is -0.616. The number of rotatable bonds is 5. The summed E-state index contributed by atoms with van der Waals surface area (Å²) in [5.41, 5.74) is 2.89. The second kappa shape index (κ2) is 5.85. The summed E-state index contributed by atoms with van der Waals surface area (Å²) < 4.78 is 5.19. The Kier molecular flexibility index (Phi) is 3.75. The number of benzene rings is 1. The molecular weight excluding hydrogens is 268 g/mol. The number of hydrogen-bond acceptors (Lipinski definition) is 3. The van der Waals surface area contributed by atoms with Gasteiger partial charge in [0.1, 0.15) is 5.69 Å². The summed E-state index contributed by atoms with van der Waals surface area (Å²) in [4.78, 5) is 14.9. The fourth-order valence-electron chi connectivity index (χ4n) is 2.23. The van der Waals surface area contributed by atoms with Gasteiger partial charge >= 0.3 is 0 Å². The number of amides is 1. The standard InChI is InChI=1S/C16H16N2O3/c19-12(8-11-4-2-1-3-5-11)10-17-16(20)14-9-15-13(18-14)6-7-21-15/h1-7,9,12,18-19H,8,10H2,(H,17,20). The Morgan fingerprint density at radius 1 is 1.29 bits per heavy atom. The third-order valence-electron chi connectivity index (χ3n) is 3.30. The van der Waals surface area contributed by atoms with Crippen LogP contribution in [0.5, 0.6) is 0 Å². The molecule has 1 aromatic carbocycles. The van der Waals surface area contributed by atoms with Crippen molar-refractivity contribution in [2.24, 2.45) is 0 Å². The predicted molar refractivity (Wildman–Crippen MR) is 79.1 cm³/mol. The second-order valence-electron chi connectivity index (χ2n) is 4.94. The maximum Gasteiger partial charge on any atom is 0.267 e. The molecule has 0 aliphatic rings. The molecule has 2 heterocycles. The van der Waals surface area contributed by atoms with Crippen LogP contribution in [0, 0.1) is 0 Å². The van der Waals surface area contributed by atoms with Gasteiger partial charge in [0.2, 0.25) is 0 Å². The molecule has 1 atom stereocenters. The van der Waals surface area contributed by atoms with Crippen molar-refractivity contribution in [2.45, 2.75) is 12.5 Å². The Morgan fingerprint density at radius 2 is 2.10 bits per heavy atom. The first-order chi connectivity index (χ1) is 10.2. The first-order valence-corrected chi connectivity index (χ1v) is 6.79. The Labute approximate surface area is 121 Å². The Hall–Kier alpha value is -2.53. The van der Waals surface area contributed by atoms with Crippen LogP contribution in [-0.2, 0) is 6.42 Å². The number of aliphatic hydroxyl groups is 1. The fraction of sp³-hybridized carbons (Fsp3) is 0.188. The van der Waals surface area contributed by atoms with Crippen LogP contribution < -0.4 is 5.32 Å². The molecule has 3 rings (SSSR count). The number of aliphatic hydroxyl groups excluding tert-OH is 1. The summed E-state index contributed by atoms with van der Waals surface area (Å²) in [6.07, 6.45) is 1.45. The Balaban J connectivity index is 1.54. The van der Waals surface area contributed by atoms with E-state index in [2.05, 4.69) is 10.3 Å². The smallest absolute Gasteiger partial charge is 0.267 e. The zero-order valence-corrected chi connectivity index (χ0v) is 11.4. The van der Waals surface area contributed by atoms with Gasteiger partial charge in [-0.25, -0.2) is 0 Å². The average Bonchev–Trinajstić information content (AvgIpc) is 3.07. The van der Waals surface area contributed by atoms with Gasteiger partial charge in [-0.1, -0.05) is 30.3 Å². The van der Waals surface area contributed by atoms with Crippen molar-refractivity contribution in [2.75, 3.05) is 6.54 Å². The van der Waals surface area contributed by atoms with Crippen LogP contribution in [0.2, 0.25) is 0 Å². The summed E-state index contributed by atoms with van der Waals surface area (Å²) in [7, 11) is 0. The van der Waals surface area contributed by atoms with Gasteiger partial charge in [-0.05, 0) is 5.56 Å². The van der Waals surface area contributed by atoms with Crippen molar-refractivity contribution in [1.82, 2.24) is 10.3 Å². The lowest BCUT2D eigenvalue weighted by molar-refractivity contribution is 0.0912. The van der Waals surface area contributed by atoms with Crippen molar-refractivity contribution >= 4 is 17.0 Å². The van der Waals surface area contributed by atoms with Crippen LogP contribution in [0.3, 0.4) is 0 Å². The number of aromatic nitrogens is 1. The molecule has 1 unspecified atom stereocenters. The van der Waals surface area contributed by atoms with E-state index < -0.39 is 6.10 Å². The van der Waals surface area contributed by atoms with Crippen molar-refractivity contribution in [3.05, 3.63) is 60.0 Å². The van der Waals surface area contributed by atoms with Gasteiger partial charge in [-0.3, -0.25) is 4.79 Å². The van der Waals surface area contributed by atoms with Gasteiger partial charge < -0.3 is 19.8 Å². The van der Waals surface area contributed by atoms with E-state index in [1.165, 1.54) is 0 Å². The van der Waals surface area contributed by atoms with Crippen molar-refractivity contribution in [3.8, 4) is 0 Å². The highest BCUT2D eigenvalue weighted by Crippen LogP contribution is 2.15. The SMILES string of the molecule is O=C(NCC(O)Cc1ccccc1)c1cc2occc2[nH]1.